The Bertz CT molecular complexity index is 281. The zero-order valence-corrected chi connectivity index (χ0v) is 11.1. The Labute approximate surface area is 99.4 Å². The molecule has 3 heteroatoms. The zero-order chi connectivity index (χ0) is 13.0. The van der Waals surface area contributed by atoms with Gasteiger partial charge in [0.1, 0.15) is 0 Å². The van der Waals surface area contributed by atoms with Gasteiger partial charge in [0, 0.05) is 12.1 Å². The van der Waals surface area contributed by atoms with Gasteiger partial charge in [-0.1, -0.05) is 12.8 Å². The number of hydrogen-bond donors (Lipinski definition) is 1. The first kappa shape index (κ1) is 15.0. The second-order valence-electron chi connectivity index (χ2n) is 5.28. The molecule has 0 bridgehead atoms. The highest BCUT2D eigenvalue weighted by Gasteiger charge is 2.42. The third kappa shape index (κ3) is 3.24. The molecule has 0 rings (SSSR count). The Balaban J connectivity index is 4.94. The fourth-order valence-electron chi connectivity index (χ4n) is 1.30. The Morgan fingerprint density at radius 3 is 2.19 bits per heavy atom. The first-order valence-electron chi connectivity index (χ1n) is 5.70. The molecule has 16 heavy (non-hydrogen) atoms. The third-order valence-electron chi connectivity index (χ3n) is 3.21. The first-order chi connectivity index (χ1) is 7.18. The van der Waals surface area contributed by atoms with Gasteiger partial charge in [0.25, 0.3) is 0 Å². The lowest BCUT2D eigenvalue weighted by atomic mass is 9.74. The summed E-state index contributed by atoms with van der Waals surface area (Å²) in [4.78, 5) is 14.0. The van der Waals surface area contributed by atoms with E-state index in [9.17, 15) is 4.79 Å². The molecule has 0 aromatic heterocycles. The van der Waals surface area contributed by atoms with Crippen molar-refractivity contribution in [1.82, 2.24) is 4.90 Å². The number of amides is 1. The van der Waals surface area contributed by atoms with E-state index in [2.05, 4.69) is 5.92 Å². The van der Waals surface area contributed by atoms with Crippen molar-refractivity contribution in [2.75, 3.05) is 13.1 Å². The first-order valence-corrected chi connectivity index (χ1v) is 5.70. The summed E-state index contributed by atoms with van der Waals surface area (Å²) < 4.78 is 0. The maximum absolute atomic E-state index is 12.3. The van der Waals surface area contributed by atoms with E-state index in [1.165, 1.54) is 0 Å². The molecule has 3 nitrogen and oxygen atoms in total. The third-order valence-corrected chi connectivity index (χ3v) is 3.21. The van der Waals surface area contributed by atoms with Crippen LogP contribution in [0.5, 0.6) is 0 Å². The Morgan fingerprint density at radius 1 is 1.38 bits per heavy atom. The van der Waals surface area contributed by atoms with E-state index < -0.39 is 11.0 Å². The quantitative estimate of drug-likeness (QED) is 0.721. The zero-order valence-electron chi connectivity index (χ0n) is 11.1. The summed E-state index contributed by atoms with van der Waals surface area (Å²) >= 11 is 0. The van der Waals surface area contributed by atoms with E-state index in [1.807, 2.05) is 34.6 Å². The summed E-state index contributed by atoms with van der Waals surface area (Å²) in [5.41, 5.74) is 4.87. The smallest absolute Gasteiger partial charge is 0.230 e. The Hall–Kier alpha value is -1.01. The number of terminal acetylenes is 1. The molecule has 0 saturated carbocycles. The Morgan fingerprint density at radius 2 is 1.88 bits per heavy atom. The van der Waals surface area contributed by atoms with Gasteiger partial charge in [-0.2, -0.15) is 0 Å². The maximum atomic E-state index is 12.3. The number of nitrogens with two attached hydrogens (primary N) is 1. The monoisotopic (exact) mass is 224 g/mol. The number of hydrogen-bond acceptors (Lipinski definition) is 2. The molecule has 2 N–H and O–H groups in total. The second kappa shape index (κ2) is 5.36. The molecule has 0 aliphatic carbocycles. The van der Waals surface area contributed by atoms with Crippen LogP contribution in [0.25, 0.3) is 0 Å². The predicted octanol–water partition coefficient (Wildman–Crippen LogP) is 1.62. The van der Waals surface area contributed by atoms with Crippen molar-refractivity contribution in [2.45, 2.75) is 46.6 Å². The van der Waals surface area contributed by atoms with Crippen LogP contribution in [0.3, 0.4) is 0 Å². The van der Waals surface area contributed by atoms with Crippen LogP contribution in [-0.2, 0) is 4.79 Å². The minimum Gasteiger partial charge on any atom is -0.331 e. The van der Waals surface area contributed by atoms with Crippen molar-refractivity contribution in [3.05, 3.63) is 0 Å². The van der Waals surface area contributed by atoms with E-state index >= 15 is 0 Å². The van der Waals surface area contributed by atoms with E-state index in [1.54, 1.807) is 4.90 Å². The van der Waals surface area contributed by atoms with Gasteiger partial charge < -0.3 is 10.6 Å². The SMILES string of the molecule is C#CCN(CCC)C(=O)C(C)(C)C(C)(C)N. The summed E-state index contributed by atoms with van der Waals surface area (Å²) in [6, 6.07) is 0. The van der Waals surface area contributed by atoms with Gasteiger partial charge in [0.05, 0.1) is 12.0 Å². The lowest BCUT2D eigenvalue weighted by molar-refractivity contribution is -0.142. The van der Waals surface area contributed by atoms with Crippen LogP contribution in [0.4, 0.5) is 0 Å². The van der Waals surface area contributed by atoms with Crippen LogP contribution in [0.1, 0.15) is 41.0 Å². The number of nitrogens with zero attached hydrogens (tertiary/aromatic N) is 1. The van der Waals surface area contributed by atoms with Crippen molar-refractivity contribution >= 4 is 5.91 Å². The van der Waals surface area contributed by atoms with E-state index in [0.29, 0.717) is 13.1 Å². The van der Waals surface area contributed by atoms with Crippen molar-refractivity contribution in [1.29, 1.82) is 0 Å². The van der Waals surface area contributed by atoms with Crippen LogP contribution in [0.2, 0.25) is 0 Å². The molecule has 0 heterocycles. The largest absolute Gasteiger partial charge is 0.331 e. The predicted molar refractivity (Wildman–Crippen MR) is 67.8 cm³/mol. The molecular formula is C13H24N2O. The number of carbonyl (C=O) groups excluding carboxylic acids is 1. The summed E-state index contributed by atoms with van der Waals surface area (Å²) in [5, 5.41) is 0. The van der Waals surface area contributed by atoms with Crippen molar-refractivity contribution in [3.8, 4) is 12.3 Å². The fraction of sp³-hybridized carbons (Fsp3) is 0.769. The van der Waals surface area contributed by atoms with Gasteiger partial charge in [0.15, 0.2) is 0 Å². The van der Waals surface area contributed by atoms with Crippen LogP contribution in [0.15, 0.2) is 0 Å². The molecule has 0 fully saturated rings. The molecule has 0 spiro atoms. The molecule has 1 amide bonds. The van der Waals surface area contributed by atoms with Crippen LogP contribution < -0.4 is 5.73 Å². The topological polar surface area (TPSA) is 46.3 Å². The molecule has 0 unspecified atom stereocenters. The summed E-state index contributed by atoms with van der Waals surface area (Å²) in [6.45, 7) is 10.5. The maximum Gasteiger partial charge on any atom is 0.230 e. The molecule has 0 aromatic rings. The van der Waals surface area contributed by atoms with Gasteiger partial charge in [-0.3, -0.25) is 4.79 Å². The molecule has 92 valence electrons. The lowest BCUT2D eigenvalue weighted by Gasteiger charge is -2.40. The van der Waals surface area contributed by atoms with Crippen molar-refractivity contribution in [2.24, 2.45) is 11.1 Å². The van der Waals surface area contributed by atoms with Gasteiger partial charge in [-0.25, -0.2) is 0 Å². The highest BCUT2D eigenvalue weighted by molar-refractivity contribution is 5.83. The number of rotatable bonds is 5. The molecule has 0 radical (unpaired) electrons. The Kier molecular flexibility index (Phi) is 5.02. The van der Waals surface area contributed by atoms with Crippen molar-refractivity contribution < 1.29 is 4.79 Å². The number of carbonyl (C=O) groups is 1. The van der Waals surface area contributed by atoms with E-state index in [0.717, 1.165) is 6.42 Å². The van der Waals surface area contributed by atoms with Crippen molar-refractivity contribution in [3.63, 3.8) is 0 Å². The van der Waals surface area contributed by atoms with E-state index in [-0.39, 0.29) is 5.91 Å². The standard InChI is InChI=1S/C13H24N2O/c1-7-9-15(10-8-2)11(16)12(3,4)13(5,6)14/h1H,8-10,14H2,2-6H3. The minimum atomic E-state index is -0.612. The molecule has 0 saturated heterocycles. The minimum absolute atomic E-state index is 0.0276. The van der Waals surface area contributed by atoms with Crippen LogP contribution >= 0.6 is 0 Å². The molecule has 0 aliphatic heterocycles. The second-order valence-corrected chi connectivity index (χ2v) is 5.28. The summed E-state index contributed by atoms with van der Waals surface area (Å²) in [5.74, 6) is 2.55. The average Bonchev–Trinajstić information content (AvgIpc) is 2.14. The normalized spacial score (nSPS) is 12.1. The highest BCUT2D eigenvalue weighted by Crippen LogP contribution is 2.30. The van der Waals surface area contributed by atoms with Gasteiger partial charge in [-0.05, 0) is 34.1 Å². The fourth-order valence-corrected chi connectivity index (χ4v) is 1.30. The highest BCUT2D eigenvalue weighted by atomic mass is 16.2. The van der Waals surface area contributed by atoms with Gasteiger partial charge in [0.2, 0.25) is 5.91 Å². The summed E-state index contributed by atoms with van der Waals surface area (Å²) in [6.07, 6.45) is 6.17. The summed E-state index contributed by atoms with van der Waals surface area (Å²) in [7, 11) is 0. The van der Waals surface area contributed by atoms with Crippen LogP contribution in [-0.4, -0.2) is 29.4 Å². The van der Waals surface area contributed by atoms with E-state index in [4.69, 9.17) is 12.2 Å². The van der Waals surface area contributed by atoms with Gasteiger partial charge >= 0.3 is 0 Å². The average molecular weight is 224 g/mol. The molecular weight excluding hydrogens is 200 g/mol. The van der Waals surface area contributed by atoms with Gasteiger partial charge in [-0.15, -0.1) is 6.42 Å². The lowest BCUT2D eigenvalue weighted by Crippen LogP contribution is -2.56. The molecule has 0 aliphatic rings. The molecule has 0 atom stereocenters. The molecule has 0 aromatic carbocycles. The van der Waals surface area contributed by atoms with Crippen LogP contribution in [0, 0.1) is 17.8 Å².